The van der Waals surface area contributed by atoms with Crippen molar-refractivity contribution in [2.45, 2.75) is 19.4 Å². The van der Waals surface area contributed by atoms with Crippen molar-refractivity contribution in [3.05, 3.63) is 59.9 Å². The van der Waals surface area contributed by atoms with E-state index in [1.54, 1.807) is 43.8 Å². The molecule has 1 aromatic heterocycles. The lowest BCUT2D eigenvalue weighted by molar-refractivity contribution is -0.136. The number of ether oxygens (including phenoxy) is 1. The number of piperidine rings is 1. The number of nitrogens with zero attached hydrogens (tertiary/aromatic N) is 1. The van der Waals surface area contributed by atoms with Gasteiger partial charge in [-0.2, -0.15) is 0 Å². The second kappa shape index (κ2) is 9.43. The molecule has 2 aromatic rings. The fourth-order valence-electron chi connectivity index (χ4n) is 3.40. The molecule has 148 valence electrons. The van der Waals surface area contributed by atoms with E-state index in [-0.39, 0.29) is 11.8 Å². The number of nitrogens with one attached hydrogen (secondary N) is 3. The van der Waals surface area contributed by atoms with Gasteiger partial charge in [-0.15, -0.1) is 0 Å². The number of hydrogen-bond donors (Lipinski definition) is 3. The second-order valence-electron chi connectivity index (χ2n) is 7.03. The van der Waals surface area contributed by atoms with E-state index in [9.17, 15) is 9.59 Å². The lowest BCUT2D eigenvalue weighted by atomic mass is 9.78. The highest BCUT2D eigenvalue weighted by Crippen LogP contribution is 2.29. The maximum atomic E-state index is 12.8. The van der Waals surface area contributed by atoms with Crippen molar-refractivity contribution >= 4 is 17.5 Å². The molecule has 7 nitrogen and oxygen atoms in total. The van der Waals surface area contributed by atoms with E-state index in [0.717, 1.165) is 31.5 Å². The number of anilines is 1. The van der Waals surface area contributed by atoms with Crippen LogP contribution in [0.3, 0.4) is 0 Å². The van der Waals surface area contributed by atoms with Gasteiger partial charge in [0.25, 0.3) is 5.91 Å². The van der Waals surface area contributed by atoms with Crippen LogP contribution in [0.5, 0.6) is 0 Å². The van der Waals surface area contributed by atoms with Gasteiger partial charge in [0, 0.05) is 37.3 Å². The Bertz CT molecular complexity index is 782. The number of amides is 2. The third-order valence-electron chi connectivity index (χ3n) is 5.07. The van der Waals surface area contributed by atoms with Crippen LogP contribution in [0.25, 0.3) is 0 Å². The molecule has 28 heavy (non-hydrogen) atoms. The maximum absolute atomic E-state index is 12.8. The largest absolute Gasteiger partial charge is 0.384 e. The molecule has 0 spiro atoms. The van der Waals surface area contributed by atoms with Gasteiger partial charge in [0.05, 0.1) is 12.0 Å². The highest BCUT2D eigenvalue weighted by Gasteiger charge is 2.39. The molecular weight excluding hydrogens is 356 g/mol. The molecule has 0 saturated carbocycles. The molecule has 0 bridgehead atoms. The number of aromatic nitrogens is 1. The van der Waals surface area contributed by atoms with E-state index in [4.69, 9.17) is 4.74 Å². The van der Waals surface area contributed by atoms with Crippen molar-refractivity contribution in [2.75, 3.05) is 32.1 Å². The zero-order valence-electron chi connectivity index (χ0n) is 16.0. The molecule has 7 heteroatoms. The van der Waals surface area contributed by atoms with E-state index >= 15 is 0 Å². The number of carbonyl (C=O) groups excluding carboxylic acids is 2. The molecule has 0 unspecified atom stereocenters. The van der Waals surface area contributed by atoms with E-state index in [1.807, 2.05) is 12.1 Å². The van der Waals surface area contributed by atoms with E-state index in [2.05, 4.69) is 20.9 Å². The number of hydrogen-bond acceptors (Lipinski definition) is 5. The van der Waals surface area contributed by atoms with Crippen LogP contribution in [-0.2, 0) is 16.1 Å². The molecule has 2 heterocycles. The lowest BCUT2D eigenvalue weighted by Crippen LogP contribution is -2.49. The predicted molar refractivity (Wildman–Crippen MR) is 107 cm³/mol. The Morgan fingerprint density at radius 3 is 2.43 bits per heavy atom. The van der Waals surface area contributed by atoms with Crippen LogP contribution < -0.4 is 16.0 Å². The average Bonchev–Trinajstić information content (AvgIpc) is 2.74. The summed E-state index contributed by atoms with van der Waals surface area (Å²) in [7, 11) is 1.63. The van der Waals surface area contributed by atoms with E-state index < -0.39 is 5.41 Å². The number of rotatable bonds is 7. The fourth-order valence-corrected chi connectivity index (χ4v) is 3.40. The molecule has 0 atom stereocenters. The molecule has 1 aliphatic rings. The zero-order chi connectivity index (χ0) is 19.8. The highest BCUT2D eigenvalue weighted by molar-refractivity contribution is 6.04. The van der Waals surface area contributed by atoms with Crippen molar-refractivity contribution in [1.29, 1.82) is 0 Å². The fraction of sp³-hybridized carbons (Fsp3) is 0.381. The molecule has 1 saturated heterocycles. The van der Waals surface area contributed by atoms with Crippen LogP contribution in [0.2, 0.25) is 0 Å². The van der Waals surface area contributed by atoms with Gasteiger partial charge in [-0.05, 0) is 55.8 Å². The summed E-state index contributed by atoms with van der Waals surface area (Å²) in [5.41, 5.74) is 1.72. The van der Waals surface area contributed by atoms with Crippen LogP contribution >= 0.6 is 0 Å². The van der Waals surface area contributed by atoms with Gasteiger partial charge >= 0.3 is 0 Å². The summed E-state index contributed by atoms with van der Waals surface area (Å²) in [5.74, 6) is -0.161. The minimum absolute atomic E-state index is 0.0235. The van der Waals surface area contributed by atoms with E-state index in [0.29, 0.717) is 24.4 Å². The lowest BCUT2D eigenvalue weighted by Gasteiger charge is -2.35. The Morgan fingerprint density at radius 2 is 1.79 bits per heavy atom. The first-order valence-electron chi connectivity index (χ1n) is 9.41. The first-order chi connectivity index (χ1) is 13.6. The van der Waals surface area contributed by atoms with Gasteiger partial charge < -0.3 is 20.7 Å². The summed E-state index contributed by atoms with van der Waals surface area (Å²) in [5, 5.41) is 9.13. The summed E-state index contributed by atoms with van der Waals surface area (Å²) in [4.78, 5) is 29.0. The molecule has 3 N–H and O–H groups in total. The van der Waals surface area contributed by atoms with Crippen LogP contribution in [-0.4, -0.2) is 43.6 Å². The molecule has 1 aliphatic heterocycles. The quantitative estimate of drug-likeness (QED) is 0.681. The second-order valence-corrected chi connectivity index (χ2v) is 7.03. The van der Waals surface area contributed by atoms with E-state index in [1.165, 1.54) is 0 Å². The van der Waals surface area contributed by atoms with Crippen LogP contribution in [0.15, 0.2) is 48.8 Å². The van der Waals surface area contributed by atoms with Gasteiger partial charge in [-0.25, -0.2) is 0 Å². The normalized spacial score (nSPS) is 15.6. The zero-order valence-corrected chi connectivity index (χ0v) is 16.0. The average molecular weight is 382 g/mol. The van der Waals surface area contributed by atoms with Crippen LogP contribution in [0.1, 0.15) is 28.8 Å². The van der Waals surface area contributed by atoms with Crippen molar-refractivity contribution in [3.8, 4) is 0 Å². The van der Waals surface area contributed by atoms with Gasteiger partial charge in [-0.1, -0.05) is 12.1 Å². The van der Waals surface area contributed by atoms with Gasteiger partial charge in [-0.3, -0.25) is 14.6 Å². The Balaban J connectivity index is 1.56. The van der Waals surface area contributed by atoms with Crippen molar-refractivity contribution in [3.63, 3.8) is 0 Å². The smallest absolute Gasteiger partial charge is 0.255 e. The Hall–Kier alpha value is -2.77. The third-order valence-corrected chi connectivity index (χ3v) is 5.07. The van der Waals surface area contributed by atoms with Gasteiger partial charge in [0.2, 0.25) is 5.91 Å². The third kappa shape index (κ3) is 4.94. The molecule has 2 amide bonds. The molecule has 0 radical (unpaired) electrons. The van der Waals surface area contributed by atoms with Crippen LogP contribution in [0, 0.1) is 5.41 Å². The van der Waals surface area contributed by atoms with Crippen molar-refractivity contribution in [2.24, 2.45) is 5.41 Å². The monoisotopic (exact) mass is 382 g/mol. The SMILES string of the molecule is COCC1(C(=O)NCc2ccc(C(=O)Nc3ccncc3)cc2)CCNCC1. The summed E-state index contributed by atoms with van der Waals surface area (Å²) in [6.07, 6.45) is 4.78. The van der Waals surface area contributed by atoms with Crippen molar-refractivity contribution < 1.29 is 14.3 Å². The molecule has 3 rings (SSSR count). The minimum atomic E-state index is -0.468. The van der Waals surface area contributed by atoms with Crippen molar-refractivity contribution in [1.82, 2.24) is 15.6 Å². The maximum Gasteiger partial charge on any atom is 0.255 e. The van der Waals surface area contributed by atoms with Gasteiger partial charge in [0.1, 0.15) is 0 Å². The number of benzene rings is 1. The topological polar surface area (TPSA) is 92.3 Å². The summed E-state index contributed by atoms with van der Waals surface area (Å²) in [6, 6.07) is 10.7. The molecular formula is C21H26N4O3. The summed E-state index contributed by atoms with van der Waals surface area (Å²) in [6.45, 7) is 2.48. The first-order valence-corrected chi connectivity index (χ1v) is 9.41. The number of carbonyl (C=O) groups is 2. The molecule has 0 aliphatic carbocycles. The Morgan fingerprint density at radius 1 is 1.11 bits per heavy atom. The number of pyridine rings is 1. The van der Waals surface area contributed by atoms with Gasteiger partial charge in [0.15, 0.2) is 0 Å². The highest BCUT2D eigenvalue weighted by atomic mass is 16.5. The molecule has 1 fully saturated rings. The minimum Gasteiger partial charge on any atom is -0.384 e. The number of methoxy groups -OCH3 is 1. The Labute approximate surface area is 164 Å². The standard InChI is InChI=1S/C21H26N4O3/c1-28-15-21(8-12-23-13-9-21)20(27)24-14-16-2-4-17(5-3-16)19(26)25-18-6-10-22-11-7-18/h2-7,10-11,23H,8-9,12-15H2,1H3,(H,24,27)(H,22,25,26). The predicted octanol–water partition coefficient (Wildman–Crippen LogP) is 1.97. The first kappa shape index (κ1) is 20.0. The summed E-state index contributed by atoms with van der Waals surface area (Å²) < 4.78 is 5.31. The van der Waals surface area contributed by atoms with Crippen LogP contribution in [0.4, 0.5) is 5.69 Å². The Kier molecular flexibility index (Phi) is 6.73. The summed E-state index contributed by atoms with van der Waals surface area (Å²) >= 11 is 0. The molecule has 1 aromatic carbocycles.